The number of aliphatic hydroxyl groups is 1. The SMILES string of the molecule is CCOC(=O)[C@H](C)C[C@H](NC(=O)[C@@H]1C[C@@H](O)CN1C(C)=O)C(N)=O. The number of esters is 1. The van der Waals surface area contributed by atoms with Gasteiger partial charge in [-0.1, -0.05) is 6.92 Å². The number of nitrogens with two attached hydrogens (primary N) is 1. The molecule has 0 saturated carbocycles. The van der Waals surface area contributed by atoms with Gasteiger partial charge in [-0.15, -0.1) is 0 Å². The third kappa shape index (κ3) is 5.19. The van der Waals surface area contributed by atoms with Gasteiger partial charge >= 0.3 is 5.97 Å². The Kier molecular flexibility index (Phi) is 7.15. The summed E-state index contributed by atoms with van der Waals surface area (Å²) in [7, 11) is 0. The van der Waals surface area contributed by atoms with Crippen molar-refractivity contribution in [3.63, 3.8) is 0 Å². The van der Waals surface area contributed by atoms with Crippen LogP contribution in [0.5, 0.6) is 0 Å². The van der Waals surface area contributed by atoms with Crippen LogP contribution in [0.2, 0.25) is 0 Å². The molecular formula is C15H25N3O6. The van der Waals surface area contributed by atoms with Gasteiger partial charge in [0, 0.05) is 19.9 Å². The van der Waals surface area contributed by atoms with Gasteiger partial charge in [-0.2, -0.15) is 0 Å². The van der Waals surface area contributed by atoms with Gasteiger partial charge in [0.05, 0.1) is 18.6 Å². The van der Waals surface area contributed by atoms with Crippen LogP contribution in [0.1, 0.15) is 33.6 Å². The molecule has 1 rings (SSSR count). The van der Waals surface area contributed by atoms with E-state index in [4.69, 9.17) is 10.5 Å². The van der Waals surface area contributed by atoms with Gasteiger partial charge in [-0.05, 0) is 13.3 Å². The zero-order valence-corrected chi connectivity index (χ0v) is 14.2. The standard InChI is InChI=1S/C15H25N3O6/c1-4-24-15(23)8(2)5-11(13(16)21)17-14(22)12-6-10(20)7-18(12)9(3)19/h8,10-12,20H,4-7H2,1-3H3,(H2,16,21)(H,17,22)/t8-,10-,11+,12+/m1/s1. The van der Waals surface area contributed by atoms with E-state index in [-0.39, 0.29) is 31.9 Å². The maximum Gasteiger partial charge on any atom is 0.308 e. The highest BCUT2D eigenvalue weighted by atomic mass is 16.5. The lowest BCUT2D eigenvalue weighted by Crippen LogP contribution is -2.52. The third-order valence-corrected chi connectivity index (χ3v) is 3.92. The van der Waals surface area contributed by atoms with Crippen LogP contribution in [0.3, 0.4) is 0 Å². The molecule has 0 aromatic heterocycles. The number of rotatable bonds is 7. The topological polar surface area (TPSA) is 139 Å². The minimum absolute atomic E-state index is 0.00471. The molecule has 0 aromatic rings. The Morgan fingerprint density at radius 3 is 2.50 bits per heavy atom. The van der Waals surface area contributed by atoms with Crippen LogP contribution >= 0.6 is 0 Å². The first-order valence-electron chi connectivity index (χ1n) is 7.88. The van der Waals surface area contributed by atoms with Crippen molar-refractivity contribution in [1.82, 2.24) is 10.2 Å². The van der Waals surface area contributed by atoms with Crippen LogP contribution < -0.4 is 11.1 Å². The molecule has 0 spiro atoms. The highest BCUT2D eigenvalue weighted by Gasteiger charge is 2.39. The Bertz CT molecular complexity index is 509. The molecule has 4 atom stereocenters. The third-order valence-electron chi connectivity index (χ3n) is 3.92. The molecular weight excluding hydrogens is 318 g/mol. The minimum atomic E-state index is -1.07. The summed E-state index contributed by atoms with van der Waals surface area (Å²) in [6.45, 7) is 4.81. The molecule has 9 nitrogen and oxygen atoms in total. The molecule has 1 fully saturated rings. The van der Waals surface area contributed by atoms with Crippen molar-refractivity contribution in [2.45, 2.75) is 51.8 Å². The molecule has 24 heavy (non-hydrogen) atoms. The number of likely N-dealkylation sites (tertiary alicyclic amines) is 1. The van der Waals surface area contributed by atoms with Crippen LogP contribution in [0.25, 0.3) is 0 Å². The van der Waals surface area contributed by atoms with Gasteiger partial charge < -0.3 is 25.8 Å². The molecule has 136 valence electrons. The molecule has 1 heterocycles. The monoisotopic (exact) mass is 343 g/mol. The summed E-state index contributed by atoms with van der Waals surface area (Å²) in [6.07, 6.45) is -0.713. The molecule has 0 aliphatic carbocycles. The molecule has 1 aliphatic rings. The molecule has 0 unspecified atom stereocenters. The Morgan fingerprint density at radius 2 is 2.00 bits per heavy atom. The summed E-state index contributed by atoms with van der Waals surface area (Å²) in [5.41, 5.74) is 5.29. The van der Waals surface area contributed by atoms with E-state index in [1.807, 2.05) is 0 Å². The van der Waals surface area contributed by atoms with Gasteiger partial charge in [0.25, 0.3) is 0 Å². The van der Waals surface area contributed by atoms with E-state index in [1.165, 1.54) is 11.8 Å². The number of aliphatic hydroxyl groups excluding tert-OH is 1. The molecule has 1 saturated heterocycles. The number of primary amides is 1. The first kappa shape index (κ1) is 19.9. The largest absolute Gasteiger partial charge is 0.466 e. The molecule has 0 radical (unpaired) electrons. The minimum Gasteiger partial charge on any atom is -0.466 e. The fourth-order valence-corrected chi connectivity index (χ4v) is 2.66. The van der Waals surface area contributed by atoms with E-state index < -0.39 is 41.9 Å². The number of amides is 3. The van der Waals surface area contributed by atoms with Gasteiger partial charge in [0.2, 0.25) is 17.7 Å². The normalized spacial score (nSPS) is 22.6. The van der Waals surface area contributed by atoms with Gasteiger partial charge in [0.1, 0.15) is 12.1 Å². The van der Waals surface area contributed by atoms with E-state index >= 15 is 0 Å². The molecule has 4 N–H and O–H groups in total. The van der Waals surface area contributed by atoms with Crippen LogP contribution in [-0.2, 0) is 23.9 Å². The Morgan fingerprint density at radius 1 is 1.38 bits per heavy atom. The second-order valence-corrected chi connectivity index (χ2v) is 5.93. The first-order chi connectivity index (χ1) is 11.2. The lowest BCUT2D eigenvalue weighted by Gasteiger charge is -2.25. The molecule has 0 bridgehead atoms. The van der Waals surface area contributed by atoms with Crippen molar-refractivity contribution in [2.75, 3.05) is 13.2 Å². The summed E-state index contributed by atoms with van der Waals surface area (Å²) in [5.74, 6) is -2.82. The average Bonchev–Trinajstić information content (AvgIpc) is 2.88. The second-order valence-electron chi connectivity index (χ2n) is 5.93. The van der Waals surface area contributed by atoms with Gasteiger partial charge in [-0.25, -0.2) is 0 Å². The quantitative estimate of drug-likeness (QED) is 0.482. The fraction of sp³-hybridized carbons (Fsp3) is 0.733. The van der Waals surface area contributed by atoms with E-state index in [0.717, 1.165) is 0 Å². The lowest BCUT2D eigenvalue weighted by molar-refractivity contribution is -0.148. The number of β-amino-alcohol motifs (C(OH)–C–C–N with tert-alkyl or cyclic N) is 1. The van der Waals surface area contributed by atoms with Crippen LogP contribution in [0.15, 0.2) is 0 Å². The highest BCUT2D eigenvalue weighted by molar-refractivity contribution is 5.92. The number of carbonyl (C=O) groups is 4. The summed E-state index contributed by atoms with van der Waals surface area (Å²) >= 11 is 0. The van der Waals surface area contributed by atoms with Crippen molar-refractivity contribution in [1.29, 1.82) is 0 Å². The molecule has 3 amide bonds. The lowest BCUT2D eigenvalue weighted by atomic mass is 10.0. The van der Waals surface area contributed by atoms with E-state index in [2.05, 4.69) is 5.32 Å². The van der Waals surface area contributed by atoms with Crippen LogP contribution in [0.4, 0.5) is 0 Å². The maximum absolute atomic E-state index is 12.4. The van der Waals surface area contributed by atoms with Crippen molar-refractivity contribution in [3.05, 3.63) is 0 Å². The van der Waals surface area contributed by atoms with E-state index in [1.54, 1.807) is 13.8 Å². The van der Waals surface area contributed by atoms with Crippen molar-refractivity contribution < 1.29 is 29.0 Å². The number of nitrogens with zero attached hydrogens (tertiary/aromatic N) is 1. The maximum atomic E-state index is 12.4. The summed E-state index contributed by atoms with van der Waals surface area (Å²) in [6, 6.07) is -1.93. The number of nitrogens with one attached hydrogen (secondary N) is 1. The number of ether oxygens (including phenoxy) is 1. The number of hydrogen-bond donors (Lipinski definition) is 3. The number of carbonyl (C=O) groups excluding carboxylic acids is 4. The summed E-state index contributed by atoms with van der Waals surface area (Å²) in [5, 5.41) is 12.1. The van der Waals surface area contributed by atoms with Crippen molar-refractivity contribution >= 4 is 23.7 Å². The predicted octanol–water partition coefficient (Wildman–Crippen LogP) is -1.47. The zero-order chi connectivity index (χ0) is 18.4. The first-order valence-corrected chi connectivity index (χ1v) is 7.88. The van der Waals surface area contributed by atoms with E-state index in [9.17, 15) is 24.3 Å². The average molecular weight is 343 g/mol. The fourth-order valence-electron chi connectivity index (χ4n) is 2.66. The van der Waals surface area contributed by atoms with Crippen molar-refractivity contribution in [3.8, 4) is 0 Å². The zero-order valence-electron chi connectivity index (χ0n) is 14.2. The Balaban J connectivity index is 2.74. The molecule has 9 heteroatoms. The smallest absolute Gasteiger partial charge is 0.308 e. The van der Waals surface area contributed by atoms with Crippen LogP contribution in [-0.4, -0.2) is 65.0 Å². The Hall–Kier alpha value is -2.16. The van der Waals surface area contributed by atoms with Crippen molar-refractivity contribution in [2.24, 2.45) is 11.7 Å². The highest BCUT2D eigenvalue weighted by Crippen LogP contribution is 2.19. The van der Waals surface area contributed by atoms with Gasteiger partial charge in [0.15, 0.2) is 0 Å². The predicted molar refractivity (Wildman–Crippen MR) is 83.3 cm³/mol. The molecule has 0 aromatic carbocycles. The van der Waals surface area contributed by atoms with Crippen LogP contribution in [0, 0.1) is 5.92 Å². The molecule has 1 aliphatic heterocycles. The van der Waals surface area contributed by atoms with E-state index in [0.29, 0.717) is 0 Å². The number of hydrogen-bond acceptors (Lipinski definition) is 6. The Labute approximate surface area is 140 Å². The summed E-state index contributed by atoms with van der Waals surface area (Å²) < 4.78 is 4.86. The van der Waals surface area contributed by atoms with Gasteiger partial charge in [-0.3, -0.25) is 19.2 Å². The second kappa shape index (κ2) is 8.62. The summed E-state index contributed by atoms with van der Waals surface area (Å²) in [4.78, 5) is 48.4.